The molecule has 1 aromatic rings. The van der Waals surface area contributed by atoms with Crippen molar-refractivity contribution in [2.24, 2.45) is 4.99 Å². The van der Waals surface area contributed by atoms with Crippen molar-refractivity contribution in [3.05, 3.63) is 35.4 Å². The zero-order valence-electron chi connectivity index (χ0n) is 9.48. The monoisotopic (exact) mass is 202 g/mol. The van der Waals surface area contributed by atoms with Crippen LogP contribution in [-0.4, -0.2) is 31.4 Å². The first-order valence-electron chi connectivity index (χ1n) is 5.58. The molecule has 0 spiro atoms. The molecule has 2 nitrogen and oxygen atoms in total. The standard InChI is InChI=1S/C13H18N2/c1-3-11-4-6-12(7-5-11)13-8-14-10-15(2)9-13/h4-7,10,13H,3,8-9H2,1-2H3. The molecular weight excluding hydrogens is 184 g/mol. The third-order valence-corrected chi connectivity index (χ3v) is 2.97. The highest BCUT2D eigenvalue weighted by Crippen LogP contribution is 2.19. The van der Waals surface area contributed by atoms with Gasteiger partial charge in [0.1, 0.15) is 0 Å². The van der Waals surface area contributed by atoms with Crippen LogP contribution in [0.5, 0.6) is 0 Å². The Kier molecular flexibility index (Phi) is 3.05. The predicted molar refractivity (Wildman–Crippen MR) is 64.6 cm³/mol. The molecule has 0 aliphatic carbocycles. The number of likely N-dealkylation sites (N-methyl/N-ethyl adjacent to an activating group) is 1. The Bertz CT molecular complexity index is 340. The fourth-order valence-electron chi connectivity index (χ4n) is 2.00. The second-order valence-corrected chi connectivity index (χ2v) is 4.21. The number of hydrogen-bond donors (Lipinski definition) is 0. The molecular formula is C13H18N2. The lowest BCUT2D eigenvalue weighted by atomic mass is 9.96. The van der Waals surface area contributed by atoms with Crippen molar-refractivity contribution in [1.29, 1.82) is 0 Å². The smallest absolute Gasteiger partial charge is 0.0847 e. The molecule has 15 heavy (non-hydrogen) atoms. The normalized spacial score (nSPS) is 20.7. The summed E-state index contributed by atoms with van der Waals surface area (Å²) >= 11 is 0. The lowest BCUT2D eigenvalue weighted by Gasteiger charge is -2.25. The minimum atomic E-state index is 0.561. The molecule has 0 saturated heterocycles. The van der Waals surface area contributed by atoms with Crippen LogP contribution in [0.3, 0.4) is 0 Å². The number of aryl methyl sites for hydroxylation is 1. The van der Waals surface area contributed by atoms with E-state index < -0.39 is 0 Å². The average molecular weight is 202 g/mol. The molecule has 0 saturated carbocycles. The van der Waals surface area contributed by atoms with Crippen LogP contribution >= 0.6 is 0 Å². The van der Waals surface area contributed by atoms with Gasteiger partial charge in [0, 0.05) is 26.1 Å². The summed E-state index contributed by atoms with van der Waals surface area (Å²) < 4.78 is 0. The molecule has 1 aromatic carbocycles. The van der Waals surface area contributed by atoms with Crippen molar-refractivity contribution in [3.8, 4) is 0 Å². The van der Waals surface area contributed by atoms with Crippen LogP contribution < -0.4 is 0 Å². The topological polar surface area (TPSA) is 15.6 Å². The first-order chi connectivity index (χ1) is 7.29. The molecule has 0 bridgehead atoms. The van der Waals surface area contributed by atoms with E-state index in [1.807, 2.05) is 6.34 Å². The quantitative estimate of drug-likeness (QED) is 0.718. The maximum atomic E-state index is 4.36. The average Bonchev–Trinajstić information content (AvgIpc) is 2.29. The van der Waals surface area contributed by atoms with Gasteiger partial charge in [-0.05, 0) is 17.5 Å². The number of aliphatic imine (C=N–C) groups is 1. The molecule has 1 heterocycles. The second kappa shape index (κ2) is 4.47. The van der Waals surface area contributed by atoms with Crippen molar-refractivity contribution >= 4 is 6.34 Å². The van der Waals surface area contributed by atoms with Gasteiger partial charge < -0.3 is 4.90 Å². The van der Waals surface area contributed by atoms with Crippen LogP contribution in [0.4, 0.5) is 0 Å². The van der Waals surface area contributed by atoms with Crippen LogP contribution in [0.15, 0.2) is 29.3 Å². The summed E-state index contributed by atoms with van der Waals surface area (Å²) in [4.78, 5) is 6.51. The largest absolute Gasteiger partial charge is 0.365 e. The highest BCUT2D eigenvalue weighted by molar-refractivity contribution is 5.56. The van der Waals surface area contributed by atoms with E-state index in [1.165, 1.54) is 11.1 Å². The maximum absolute atomic E-state index is 4.36. The van der Waals surface area contributed by atoms with Crippen LogP contribution in [0, 0.1) is 0 Å². The minimum Gasteiger partial charge on any atom is -0.365 e. The molecule has 1 aliphatic heterocycles. The van der Waals surface area contributed by atoms with Crippen molar-refractivity contribution in [2.75, 3.05) is 20.1 Å². The molecule has 0 radical (unpaired) electrons. The summed E-state index contributed by atoms with van der Waals surface area (Å²) in [5.41, 5.74) is 2.82. The zero-order valence-corrected chi connectivity index (χ0v) is 9.48. The van der Waals surface area contributed by atoms with Crippen molar-refractivity contribution < 1.29 is 0 Å². The highest BCUT2D eigenvalue weighted by atomic mass is 15.1. The van der Waals surface area contributed by atoms with Gasteiger partial charge in [-0.15, -0.1) is 0 Å². The Labute approximate surface area is 91.6 Å². The van der Waals surface area contributed by atoms with Crippen LogP contribution in [0.1, 0.15) is 24.0 Å². The SMILES string of the molecule is CCc1ccc(C2CN=CN(C)C2)cc1. The van der Waals surface area contributed by atoms with Crippen molar-refractivity contribution in [2.45, 2.75) is 19.3 Å². The lowest BCUT2D eigenvalue weighted by molar-refractivity contribution is 0.440. The van der Waals surface area contributed by atoms with Gasteiger partial charge in [0.2, 0.25) is 0 Å². The fraction of sp³-hybridized carbons (Fsp3) is 0.462. The first kappa shape index (κ1) is 10.2. The van der Waals surface area contributed by atoms with Crippen LogP contribution in [-0.2, 0) is 6.42 Å². The Balaban J connectivity index is 2.12. The summed E-state index contributed by atoms with van der Waals surface area (Å²) in [6.07, 6.45) is 3.04. The van der Waals surface area contributed by atoms with Gasteiger partial charge in [0.05, 0.1) is 6.34 Å². The van der Waals surface area contributed by atoms with Gasteiger partial charge in [-0.3, -0.25) is 4.99 Å². The van der Waals surface area contributed by atoms with E-state index in [-0.39, 0.29) is 0 Å². The van der Waals surface area contributed by atoms with Gasteiger partial charge in [-0.2, -0.15) is 0 Å². The third kappa shape index (κ3) is 2.38. The molecule has 0 fully saturated rings. The fourth-order valence-corrected chi connectivity index (χ4v) is 2.00. The predicted octanol–water partition coefficient (Wildman–Crippen LogP) is 2.31. The molecule has 2 rings (SSSR count). The zero-order chi connectivity index (χ0) is 10.7. The Hall–Kier alpha value is -1.31. The molecule has 2 heteroatoms. The summed E-state index contributed by atoms with van der Waals surface area (Å²) in [5.74, 6) is 0.561. The molecule has 1 atom stereocenters. The van der Waals surface area contributed by atoms with E-state index in [0.717, 1.165) is 19.5 Å². The Morgan fingerprint density at radius 3 is 2.67 bits per heavy atom. The van der Waals surface area contributed by atoms with Crippen LogP contribution in [0.2, 0.25) is 0 Å². The number of benzene rings is 1. The summed E-state index contributed by atoms with van der Waals surface area (Å²) in [5, 5.41) is 0. The molecule has 1 unspecified atom stereocenters. The van der Waals surface area contributed by atoms with Crippen molar-refractivity contribution in [1.82, 2.24) is 4.90 Å². The van der Waals surface area contributed by atoms with Gasteiger partial charge >= 0.3 is 0 Å². The highest BCUT2D eigenvalue weighted by Gasteiger charge is 2.15. The van der Waals surface area contributed by atoms with Crippen molar-refractivity contribution in [3.63, 3.8) is 0 Å². The van der Waals surface area contributed by atoms with E-state index in [0.29, 0.717) is 5.92 Å². The van der Waals surface area contributed by atoms with Gasteiger partial charge in [-0.25, -0.2) is 0 Å². The molecule has 0 aromatic heterocycles. The first-order valence-corrected chi connectivity index (χ1v) is 5.58. The third-order valence-electron chi connectivity index (χ3n) is 2.97. The maximum Gasteiger partial charge on any atom is 0.0847 e. The number of nitrogens with zero attached hydrogens (tertiary/aromatic N) is 2. The summed E-state index contributed by atoms with van der Waals surface area (Å²) in [6.45, 7) is 4.19. The minimum absolute atomic E-state index is 0.561. The summed E-state index contributed by atoms with van der Waals surface area (Å²) in [7, 11) is 2.08. The second-order valence-electron chi connectivity index (χ2n) is 4.21. The van der Waals surface area contributed by atoms with Gasteiger partial charge in [-0.1, -0.05) is 31.2 Å². The summed E-state index contributed by atoms with van der Waals surface area (Å²) in [6, 6.07) is 8.96. The molecule has 0 amide bonds. The van der Waals surface area contributed by atoms with E-state index in [1.54, 1.807) is 0 Å². The van der Waals surface area contributed by atoms with E-state index in [2.05, 4.69) is 48.1 Å². The van der Waals surface area contributed by atoms with E-state index >= 15 is 0 Å². The molecule has 80 valence electrons. The number of rotatable bonds is 2. The Morgan fingerprint density at radius 1 is 1.33 bits per heavy atom. The van der Waals surface area contributed by atoms with Gasteiger partial charge in [0.25, 0.3) is 0 Å². The number of hydrogen-bond acceptors (Lipinski definition) is 2. The molecule has 1 aliphatic rings. The Morgan fingerprint density at radius 2 is 2.07 bits per heavy atom. The lowest BCUT2D eigenvalue weighted by Crippen LogP contribution is -2.29. The van der Waals surface area contributed by atoms with Crippen LogP contribution in [0.25, 0.3) is 0 Å². The molecule has 0 N–H and O–H groups in total. The van der Waals surface area contributed by atoms with E-state index in [4.69, 9.17) is 0 Å². The van der Waals surface area contributed by atoms with Gasteiger partial charge in [0.15, 0.2) is 0 Å². The van der Waals surface area contributed by atoms with E-state index in [9.17, 15) is 0 Å².